The predicted molar refractivity (Wildman–Crippen MR) is 57.4 cm³/mol. The Labute approximate surface area is 104 Å². The molecular formula is C11H5ClF4N2. The van der Waals surface area contributed by atoms with Crippen LogP contribution < -0.4 is 0 Å². The smallest absolute Gasteiger partial charge is 0.236 e. The molecule has 0 saturated heterocycles. The van der Waals surface area contributed by atoms with Crippen molar-refractivity contribution in [2.75, 3.05) is 0 Å². The van der Waals surface area contributed by atoms with Crippen molar-refractivity contribution < 1.29 is 17.6 Å². The van der Waals surface area contributed by atoms with E-state index >= 15 is 0 Å². The minimum Gasteiger partial charge on any atom is -0.236 e. The quantitative estimate of drug-likeness (QED) is 0.737. The SMILES string of the molecule is Fc1ccc(-c2ncc(C(F)(F)F)cn2)cc1Cl. The van der Waals surface area contributed by atoms with E-state index in [9.17, 15) is 17.6 Å². The fourth-order valence-electron chi connectivity index (χ4n) is 1.26. The number of benzene rings is 1. The lowest BCUT2D eigenvalue weighted by Gasteiger charge is -2.06. The molecule has 1 heterocycles. The van der Waals surface area contributed by atoms with Crippen LogP contribution in [0, 0.1) is 5.82 Å². The molecule has 1 aromatic carbocycles. The molecule has 7 heteroatoms. The molecule has 0 atom stereocenters. The van der Waals surface area contributed by atoms with E-state index < -0.39 is 17.6 Å². The molecule has 2 aromatic rings. The summed E-state index contributed by atoms with van der Waals surface area (Å²) in [5.41, 5.74) is -0.602. The third-order valence-electron chi connectivity index (χ3n) is 2.16. The first-order valence-electron chi connectivity index (χ1n) is 4.72. The average Bonchev–Trinajstić information content (AvgIpc) is 2.32. The van der Waals surface area contributed by atoms with E-state index in [1.165, 1.54) is 12.1 Å². The Balaban J connectivity index is 2.37. The van der Waals surface area contributed by atoms with Gasteiger partial charge in [-0.2, -0.15) is 13.2 Å². The molecule has 0 bridgehead atoms. The molecule has 0 N–H and O–H groups in total. The number of hydrogen-bond donors (Lipinski definition) is 0. The van der Waals surface area contributed by atoms with Gasteiger partial charge in [-0.3, -0.25) is 0 Å². The van der Waals surface area contributed by atoms with Gasteiger partial charge in [-0.15, -0.1) is 0 Å². The molecule has 0 saturated carbocycles. The summed E-state index contributed by atoms with van der Waals surface area (Å²) in [6.45, 7) is 0. The molecule has 0 fully saturated rings. The number of aromatic nitrogens is 2. The highest BCUT2D eigenvalue weighted by Gasteiger charge is 2.31. The van der Waals surface area contributed by atoms with Crippen LogP contribution in [0.1, 0.15) is 5.56 Å². The van der Waals surface area contributed by atoms with E-state index in [-0.39, 0.29) is 10.8 Å². The lowest BCUT2D eigenvalue weighted by Crippen LogP contribution is -2.06. The fourth-order valence-corrected chi connectivity index (χ4v) is 1.44. The van der Waals surface area contributed by atoms with Crippen LogP contribution in [0.3, 0.4) is 0 Å². The normalized spacial score (nSPS) is 11.6. The second-order valence-corrected chi connectivity index (χ2v) is 3.83. The first-order chi connectivity index (χ1) is 8.38. The van der Waals surface area contributed by atoms with Gasteiger partial charge in [-0.05, 0) is 18.2 Å². The van der Waals surface area contributed by atoms with Crippen LogP contribution in [0.15, 0.2) is 30.6 Å². The highest BCUT2D eigenvalue weighted by molar-refractivity contribution is 6.31. The maximum atomic E-state index is 12.9. The first kappa shape index (κ1) is 12.8. The van der Waals surface area contributed by atoms with Crippen molar-refractivity contribution >= 4 is 11.6 Å². The van der Waals surface area contributed by atoms with Gasteiger partial charge in [-0.25, -0.2) is 14.4 Å². The number of rotatable bonds is 1. The fraction of sp³-hybridized carbons (Fsp3) is 0.0909. The van der Waals surface area contributed by atoms with Gasteiger partial charge in [0.05, 0.1) is 10.6 Å². The molecule has 94 valence electrons. The Kier molecular flexibility index (Phi) is 3.21. The van der Waals surface area contributed by atoms with Crippen molar-refractivity contribution in [2.45, 2.75) is 6.18 Å². The zero-order valence-electron chi connectivity index (χ0n) is 8.67. The largest absolute Gasteiger partial charge is 0.419 e. The zero-order chi connectivity index (χ0) is 13.3. The summed E-state index contributed by atoms with van der Waals surface area (Å²) in [5, 5.41) is -0.143. The van der Waals surface area contributed by atoms with E-state index in [0.717, 1.165) is 6.07 Å². The molecule has 0 aliphatic heterocycles. The monoisotopic (exact) mass is 276 g/mol. The van der Waals surface area contributed by atoms with Gasteiger partial charge in [0.1, 0.15) is 5.82 Å². The van der Waals surface area contributed by atoms with Gasteiger partial charge in [-0.1, -0.05) is 11.6 Å². The summed E-state index contributed by atoms with van der Waals surface area (Å²) in [7, 11) is 0. The van der Waals surface area contributed by atoms with Crippen molar-refractivity contribution in [3.05, 3.63) is 47.0 Å². The second kappa shape index (κ2) is 4.53. The Bertz CT molecular complexity index is 566. The van der Waals surface area contributed by atoms with Crippen LogP contribution in [0.4, 0.5) is 17.6 Å². The molecule has 0 radical (unpaired) electrons. The van der Waals surface area contributed by atoms with Crippen LogP contribution in [-0.4, -0.2) is 9.97 Å². The summed E-state index contributed by atoms with van der Waals surface area (Å²) < 4.78 is 49.8. The summed E-state index contributed by atoms with van der Waals surface area (Å²) in [4.78, 5) is 7.15. The molecule has 2 rings (SSSR count). The summed E-state index contributed by atoms with van der Waals surface area (Å²) >= 11 is 5.56. The molecule has 0 spiro atoms. The van der Waals surface area contributed by atoms with Crippen LogP contribution in [0.5, 0.6) is 0 Å². The standard InChI is InChI=1S/C11H5ClF4N2/c12-8-3-6(1-2-9(8)13)10-17-4-7(5-18-10)11(14,15)16/h1-5H. The van der Waals surface area contributed by atoms with Gasteiger partial charge >= 0.3 is 6.18 Å². The maximum Gasteiger partial charge on any atom is 0.419 e. The molecule has 2 nitrogen and oxygen atoms in total. The van der Waals surface area contributed by atoms with E-state index in [2.05, 4.69) is 9.97 Å². The number of alkyl halides is 3. The highest BCUT2D eigenvalue weighted by Crippen LogP contribution is 2.29. The van der Waals surface area contributed by atoms with Gasteiger partial charge in [0.15, 0.2) is 5.82 Å². The number of halogens is 5. The van der Waals surface area contributed by atoms with Crippen molar-refractivity contribution in [3.63, 3.8) is 0 Å². The van der Waals surface area contributed by atoms with Gasteiger partial charge in [0, 0.05) is 18.0 Å². The van der Waals surface area contributed by atoms with Crippen molar-refractivity contribution in [2.24, 2.45) is 0 Å². The minimum absolute atomic E-state index is 0.0462. The lowest BCUT2D eigenvalue weighted by molar-refractivity contribution is -0.138. The van der Waals surface area contributed by atoms with Crippen molar-refractivity contribution in [1.29, 1.82) is 0 Å². The van der Waals surface area contributed by atoms with Gasteiger partial charge in [0.2, 0.25) is 0 Å². The Hall–Kier alpha value is -1.69. The maximum absolute atomic E-state index is 12.9. The number of hydrogen-bond acceptors (Lipinski definition) is 2. The van der Waals surface area contributed by atoms with Crippen LogP contribution in [-0.2, 0) is 6.18 Å². The van der Waals surface area contributed by atoms with E-state index in [0.29, 0.717) is 18.0 Å². The Morgan fingerprint density at radius 3 is 2.17 bits per heavy atom. The second-order valence-electron chi connectivity index (χ2n) is 3.42. The van der Waals surface area contributed by atoms with Crippen LogP contribution in [0.25, 0.3) is 11.4 Å². The molecule has 1 aromatic heterocycles. The third kappa shape index (κ3) is 2.59. The van der Waals surface area contributed by atoms with Crippen molar-refractivity contribution in [1.82, 2.24) is 9.97 Å². The van der Waals surface area contributed by atoms with Gasteiger partial charge in [0.25, 0.3) is 0 Å². The van der Waals surface area contributed by atoms with Crippen molar-refractivity contribution in [3.8, 4) is 11.4 Å². The Morgan fingerprint density at radius 1 is 1.06 bits per heavy atom. The molecule has 0 aliphatic rings. The topological polar surface area (TPSA) is 25.8 Å². The predicted octanol–water partition coefficient (Wildman–Crippen LogP) is 3.95. The molecular weight excluding hydrogens is 272 g/mol. The van der Waals surface area contributed by atoms with E-state index in [4.69, 9.17) is 11.6 Å². The molecule has 0 amide bonds. The minimum atomic E-state index is -4.49. The van der Waals surface area contributed by atoms with Gasteiger partial charge < -0.3 is 0 Å². The highest BCUT2D eigenvalue weighted by atomic mass is 35.5. The van der Waals surface area contributed by atoms with E-state index in [1.807, 2.05) is 0 Å². The summed E-state index contributed by atoms with van der Waals surface area (Å²) in [5.74, 6) is -0.572. The molecule has 0 unspecified atom stereocenters. The third-order valence-corrected chi connectivity index (χ3v) is 2.45. The summed E-state index contributed by atoms with van der Waals surface area (Å²) in [6.07, 6.45) is -3.15. The first-order valence-corrected chi connectivity index (χ1v) is 5.10. The summed E-state index contributed by atoms with van der Waals surface area (Å²) in [6, 6.07) is 3.68. The number of nitrogens with zero attached hydrogens (tertiary/aromatic N) is 2. The Morgan fingerprint density at radius 2 is 1.67 bits per heavy atom. The zero-order valence-corrected chi connectivity index (χ0v) is 9.43. The van der Waals surface area contributed by atoms with Crippen LogP contribution in [0.2, 0.25) is 5.02 Å². The van der Waals surface area contributed by atoms with Crippen LogP contribution >= 0.6 is 11.6 Å². The van der Waals surface area contributed by atoms with E-state index in [1.54, 1.807) is 0 Å². The molecule has 18 heavy (non-hydrogen) atoms. The average molecular weight is 277 g/mol. The molecule has 0 aliphatic carbocycles. The lowest BCUT2D eigenvalue weighted by atomic mass is 10.2.